The van der Waals surface area contributed by atoms with Crippen molar-refractivity contribution in [1.82, 2.24) is 4.41 Å². The van der Waals surface area contributed by atoms with Crippen molar-refractivity contribution in [2.75, 3.05) is 6.54 Å². The number of hydrogen-bond acceptors (Lipinski definition) is 3. The number of hydrogen-bond donors (Lipinski definition) is 0. The molecule has 2 aromatic carbocycles. The van der Waals surface area contributed by atoms with Gasteiger partial charge in [0.05, 0.1) is 27.7 Å². The van der Waals surface area contributed by atoms with E-state index in [0.717, 1.165) is 20.1 Å². The van der Waals surface area contributed by atoms with E-state index in [4.69, 9.17) is 11.6 Å². The molecule has 1 heterocycles. The molecule has 0 spiro atoms. The number of rotatable bonds is 3. The number of halogens is 7. The van der Waals surface area contributed by atoms with Crippen LogP contribution in [0.5, 0.6) is 0 Å². The lowest BCUT2D eigenvalue weighted by atomic mass is 10.0. The van der Waals surface area contributed by atoms with Crippen LogP contribution >= 0.6 is 66.1 Å². The Balaban J connectivity index is 2.10. The van der Waals surface area contributed by atoms with Crippen molar-refractivity contribution in [1.29, 1.82) is 0 Å². The topological polar surface area (TPSA) is 49.7 Å². The van der Waals surface area contributed by atoms with Crippen LogP contribution in [0.25, 0.3) is 0 Å². The quantitative estimate of drug-likeness (QED) is 0.284. The zero-order valence-electron chi connectivity index (χ0n) is 14.2. The Morgan fingerprint density at radius 1 is 1.14 bits per heavy atom. The van der Waals surface area contributed by atoms with Crippen molar-refractivity contribution in [3.05, 3.63) is 62.2 Å². The second-order valence-electron chi connectivity index (χ2n) is 6.10. The predicted octanol–water partition coefficient (Wildman–Crippen LogP) is 6.25. The molecule has 0 saturated heterocycles. The number of benzene rings is 2. The van der Waals surface area contributed by atoms with E-state index in [9.17, 15) is 21.6 Å². The highest BCUT2D eigenvalue weighted by atomic mass is 127. The molecule has 0 atom stereocenters. The minimum Gasteiger partial charge on any atom is -0.200 e. The van der Waals surface area contributed by atoms with Gasteiger partial charge in [-0.2, -0.15) is 31.1 Å². The van der Waals surface area contributed by atoms with Crippen molar-refractivity contribution in [2.45, 2.75) is 20.7 Å². The Kier molecular flexibility index (Phi) is 6.66. The molecule has 12 heteroatoms. The van der Waals surface area contributed by atoms with Gasteiger partial charge in [-0.3, -0.25) is 0 Å². The van der Waals surface area contributed by atoms with E-state index in [-0.39, 0.29) is 29.1 Å². The summed E-state index contributed by atoms with van der Waals surface area (Å²) in [5.74, 6) is 0. The third-order valence-corrected chi connectivity index (χ3v) is 8.39. The zero-order chi connectivity index (χ0) is 21.6. The van der Waals surface area contributed by atoms with E-state index in [1.165, 1.54) is 18.2 Å². The van der Waals surface area contributed by atoms with Crippen molar-refractivity contribution in [2.24, 2.45) is 5.10 Å². The molecule has 4 nitrogen and oxygen atoms in total. The fourth-order valence-corrected chi connectivity index (χ4v) is 5.45. The summed E-state index contributed by atoms with van der Waals surface area (Å²) >= 11 is 14.5. The number of sulfonamides is 1. The van der Waals surface area contributed by atoms with Gasteiger partial charge in [0.25, 0.3) is 10.0 Å². The lowest BCUT2D eigenvalue weighted by molar-refractivity contribution is -0.137. The molecular weight excluding hydrogens is 675 g/mol. The summed E-state index contributed by atoms with van der Waals surface area (Å²) in [5.41, 5.74) is -0.828. The fourth-order valence-electron chi connectivity index (χ4n) is 2.65. The Morgan fingerprint density at radius 2 is 1.76 bits per heavy atom. The van der Waals surface area contributed by atoms with Gasteiger partial charge >= 0.3 is 6.18 Å². The van der Waals surface area contributed by atoms with E-state index >= 15 is 0 Å². The lowest BCUT2D eigenvalue weighted by Crippen LogP contribution is -2.41. The Morgan fingerprint density at radius 3 is 2.34 bits per heavy atom. The van der Waals surface area contributed by atoms with Gasteiger partial charge in [-0.05, 0) is 65.4 Å². The summed E-state index contributed by atoms with van der Waals surface area (Å²) in [7, 11) is -3.96. The Bertz CT molecular complexity index is 1080. The van der Waals surface area contributed by atoms with Gasteiger partial charge in [0, 0.05) is 9.13 Å². The molecule has 0 aromatic heterocycles. The van der Waals surface area contributed by atoms with Gasteiger partial charge in [0.1, 0.15) is 3.23 Å². The third kappa shape index (κ3) is 4.94. The fraction of sp³-hybridized carbons (Fsp3) is 0.235. The molecule has 0 fully saturated rings. The van der Waals surface area contributed by atoms with E-state index in [2.05, 4.69) is 59.6 Å². The maximum Gasteiger partial charge on any atom is 0.417 e. The largest absolute Gasteiger partial charge is 0.417 e. The molecule has 0 N–H and O–H groups in total. The van der Waals surface area contributed by atoms with Crippen LogP contribution in [0.2, 0.25) is 5.02 Å². The highest BCUT2D eigenvalue weighted by Crippen LogP contribution is 2.41. The number of nitrogens with zero attached hydrogens (tertiary/aromatic N) is 2. The van der Waals surface area contributed by atoms with Gasteiger partial charge in [0.15, 0.2) is 0 Å². The van der Waals surface area contributed by atoms with Crippen LogP contribution in [0.15, 0.2) is 52.5 Å². The minimum absolute atomic E-state index is 0.0358. The molecule has 0 aliphatic carbocycles. The summed E-state index contributed by atoms with van der Waals surface area (Å²) in [6, 6.07) is 9.56. The summed E-state index contributed by atoms with van der Waals surface area (Å²) in [5, 5.41) is 3.74. The van der Waals surface area contributed by atoms with Gasteiger partial charge in [0.2, 0.25) is 0 Å². The molecule has 29 heavy (non-hydrogen) atoms. The average molecular weight is 687 g/mol. The molecule has 0 unspecified atom stereocenters. The first-order valence-corrected chi connectivity index (χ1v) is 12.4. The maximum absolute atomic E-state index is 13.3. The van der Waals surface area contributed by atoms with Crippen LogP contribution in [-0.2, 0) is 16.2 Å². The van der Waals surface area contributed by atoms with Gasteiger partial charge in [-0.15, -0.1) is 0 Å². The smallest absolute Gasteiger partial charge is 0.200 e. The molecule has 2 aromatic rings. The molecule has 1 aliphatic rings. The molecule has 0 saturated carbocycles. The molecule has 156 valence electrons. The molecule has 1 aliphatic heterocycles. The standard InChI is InChI=1S/C17H11Br2ClF3IN2O2S/c18-16(19)7-8-26(29(27,28)12-4-2-11(24)3-5-12)25-15(16)10-1-6-14(20)13(9-10)17(21,22)23/h1-6,9H,7-8H2. The first-order chi connectivity index (χ1) is 13.3. The molecule has 0 bridgehead atoms. The molecule has 3 rings (SSSR count). The van der Waals surface area contributed by atoms with Crippen LogP contribution in [-0.4, -0.2) is 28.3 Å². The van der Waals surface area contributed by atoms with Crippen molar-refractivity contribution in [3.8, 4) is 0 Å². The third-order valence-electron chi connectivity index (χ3n) is 4.11. The van der Waals surface area contributed by atoms with E-state index in [1.807, 2.05) is 0 Å². The van der Waals surface area contributed by atoms with Crippen LogP contribution in [0.3, 0.4) is 0 Å². The Hall–Kier alpha value is -0.370. The van der Waals surface area contributed by atoms with Gasteiger partial charge in [-0.25, -0.2) is 0 Å². The molecule has 0 radical (unpaired) electrons. The summed E-state index contributed by atoms with van der Waals surface area (Å²) in [4.78, 5) is 0.0461. The molecule has 0 amide bonds. The first kappa shape index (κ1) is 23.3. The van der Waals surface area contributed by atoms with Gasteiger partial charge < -0.3 is 0 Å². The average Bonchev–Trinajstić information content (AvgIpc) is 2.61. The minimum atomic E-state index is -4.66. The van der Waals surface area contributed by atoms with Crippen LogP contribution < -0.4 is 0 Å². The lowest BCUT2D eigenvalue weighted by Gasteiger charge is -2.33. The predicted molar refractivity (Wildman–Crippen MR) is 121 cm³/mol. The highest BCUT2D eigenvalue weighted by Gasteiger charge is 2.40. The van der Waals surface area contributed by atoms with Crippen molar-refractivity contribution in [3.63, 3.8) is 0 Å². The number of hydrazone groups is 1. The van der Waals surface area contributed by atoms with Crippen LogP contribution in [0, 0.1) is 3.57 Å². The van der Waals surface area contributed by atoms with Crippen LogP contribution in [0.4, 0.5) is 13.2 Å². The summed E-state index contributed by atoms with van der Waals surface area (Å²) < 4.78 is 66.4. The summed E-state index contributed by atoms with van der Waals surface area (Å²) in [6.45, 7) is 0.0358. The monoisotopic (exact) mass is 684 g/mol. The highest BCUT2D eigenvalue weighted by molar-refractivity contribution is 14.1. The number of alkyl halides is 5. The first-order valence-electron chi connectivity index (χ1n) is 7.95. The van der Waals surface area contributed by atoms with Crippen LogP contribution in [0.1, 0.15) is 17.5 Å². The van der Waals surface area contributed by atoms with E-state index in [0.29, 0.717) is 0 Å². The Labute approximate surface area is 200 Å². The normalized spacial score (nSPS) is 17.2. The van der Waals surface area contributed by atoms with E-state index in [1.54, 1.807) is 12.1 Å². The van der Waals surface area contributed by atoms with Crippen molar-refractivity contribution < 1.29 is 21.6 Å². The van der Waals surface area contributed by atoms with Crippen molar-refractivity contribution >= 4 is 81.8 Å². The zero-order valence-corrected chi connectivity index (χ0v) is 21.1. The van der Waals surface area contributed by atoms with E-state index < -0.39 is 30.0 Å². The van der Waals surface area contributed by atoms with Gasteiger partial charge in [-0.1, -0.05) is 49.5 Å². The second-order valence-corrected chi connectivity index (χ2v) is 13.4. The maximum atomic E-state index is 13.3. The second kappa shape index (κ2) is 8.29. The SMILES string of the molecule is O=S(=O)(c1ccc(I)cc1)N1CCC(Br)(Br)C(c2ccc(Cl)c(C(F)(F)F)c2)=N1. The summed E-state index contributed by atoms with van der Waals surface area (Å²) in [6.07, 6.45) is -4.42. The molecular formula is C17H11Br2ClF3IN2O2S.